The molecular weight excluding hydrogens is 236 g/mol. The molecule has 0 aliphatic carbocycles. The van der Waals surface area contributed by atoms with Gasteiger partial charge in [0.1, 0.15) is 5.01 Å². The number of aromatic nitrogens is 2. The van der Waals surface area contributed by atoms with Crippen LogP contribution in [0.2, 0.25) is 0 Å². The van der Waals surface area contributed by atoms with Crippen LogP contribution in [-0.2, 0) is 11.3 Å². The Balaban J connectivity index is 2.07. The summed E-state index contributed by atoms with van der Waals surface area (Å²) in [5, 5.41) is 11.7. The molecule has 8 heteroatoms. The summed E-state index contributed by atoms with van der Waals surface area (Å²) in [7, 11) is 1.74. The zero-order chi connectivity index (χ0) is 10.8. The molecule has 0 saturated carbocycles. The van der Waals surface area contributed by atoms with E-state index in [-0.39, 0.29) is 23.4 Å². The summed E-state index contributed by atoms with van der Waals surface area (Å²) in [5.41, 5.74) is 0. The second-order valence-electron chi connectivity index (χ2n) is 2.79. The number of nitrogens with one attached hydrogen (secondary N) is 1. The first kappa shape index (κ1) is 10.4. The van der Waals surface area contributed by atoms with Crippen LogP contribution in [0.3, 0.4) is 0 Å². The number of hydrogen-bond donors (Lipinski definition) is 1. The molecule has 2 rings (SSSR count). The second kappa shape index (κ2) is 4.15. The third-order valence-electron chi connectivity index (χ3n) is 1.81. The second-order valence-corrected chi connectivity index (χ2v) is 4.77. The maximum absolute atomic E-state index is 11.3. The number of anilines is 1. The summed E-state index contributed by atoms with van der Waals surface area (Å²) in [4.78, 5) is 23.8. The van der Waals surface area contributed by atoms with Gasteiger partial charge in [0.05, 0.1) is 12.3 Å². The smallest absolute Gasteiger partial charge is 0.289 e. The van der Waals surface area contributed by atoms with Gasteiger partial charge in [0, 0.05) is 7.05 Å². The maximum atomic E-state index is 11.3. The lowest BCUT2D eigenvalue weighted by atomic mass is 10.5. The van der Waals surface area contributed by atoms with Gasteiger partial charge in [-0.2, -0.15) is 0 Å². The normalized spacial score (nSPS) is 16.2. The van der Waals surface area contributed by atoms with E-state index < -0.39 is 0 Å². The molecule has 1 aromatic heterocycles. The van der Waals surface area contributed by atoms with Crippen molar-refractivity contribution < 1.29 is 9.59 Å². The molecule has 1 N–H and O–H groups in total. The van der Waals surface area contributed by atoms with Gasteiger partial charge >= 0.3 is 0 Å². The Labute approximate surface area is 94.1 Å². The first-order chi connectivity index (χ1) is 7.20. The van der Waals surface area contributed by atoms with Crippen molar-refractivity contribution in [1.29, 1.82) is 0 Å². The fourth-order valence-corrected chi connectivity index (χ4v) is 2.49. The Bertz CT molecular complexity index is 389. The molecule has 6 nitrogen and oxygen atoms in total. The van der Waals surface area contributed by atoms with E-state index in [0.29, 0.717) is 10.1 Å². The van der Waals surface area contributed by atoms with Crippen molar-refractivity contribution in [2.75, 3.05) is 18.1 Å². The minimum absolute atomic E-state index is 0.161. The van der Waals surface area contributed by atoms with Crippen molar-refractivity contribution >= 4 is 39.4 Å². The number of rotatable bonds is 3. The molecule has 1 fully saturated rings. The van der Waals surface area contributed by atoms with Crippen molar-refractivity contribution in [2.24, 2.45) is 0 Å². The standard InChI is InChI=1S/C7H8N4O2S2/c1-8-6-10-9-4(15-6)2-11-5(12)3-14-7(11)13/h2-3H2,1H3,(H,8,10). The van der Waals surface area contributed by atoms with Crippen molar-refractivity contribution in [2.45, 2.75) is 6.54 Å². The van der Waals surface area contributed by atoms with Crippen LogP contribution in [0.1, 0.15) is 5.01 Å². The van der Waals surface area contributed by atoms with Crippen LogP contribution in [0.4, 0.5) is 9.93 Å². The number of carbonyl (C=O) groups is 2. The van der Waals surface area contributed by atoms with Crippen LogP contribution in [0.25, 0.3) is 0 Å². The van der Waals surface area contributed by atoms with Crippen molar-refractivity contribution in [3.05, 3.63) is 5.01 Å². The van der Waals surface area contributed by atoms with Gasteiger partial charge in [-0.15, -0.1) is 10.2 Å². The predicted octanol–water partition coefficient (Wildman–Crippen LogP) is 0.775. The van der Waals surface area contributed by atoms with E-state index in [9.17, 15) is 9.59 Å². The maximum Gasteiger partial charge on any atom is 0.289 e. The van der Waals surface area contributed by atoms with Gasteiger partial charge in [-0.05, 0) is 0 Å². The van der Waals surface area contributed by atoms with E-state index in [1.165, 1.54) is 16.2 Å². The molecule has 2 heterocycles. The van der Waals surface area contributed by atoms with Crippen LogP contribution >= 0.6 is 23.1 Å². The lowest BCUT2D eigenvalue weighted by Gasteiger charge is -2.08. The van der Waals surface area contributed by atoms with Gasteiger partial charge in [-0.25, -0.2) is 0 Å². The molecule has 0 atom stereocenters. The number of thioether (sulfide) groups is 1. The molecule has 0 unspecified atom stereocenters. The largest absolute Gasteiger partial charge is 0.363 e. The highest BCUT2D eigenvalue weighted by molar-refractivity contribution is 8.14. The average Bonchev–Trinajstić information content (AvgIpc) is 2.80. The van der Waals surface area contributed by atoms with Crippen LogP contribution in [-0.4, -0.2) is 39.0 Å². The number of carbonyl (C=O) groups excluding carboxylic acids is 2. The van der Waals surface area contributed by atoms with Crippen LogP contribution in [0.15, 0.2) is 0 Å². The third kappa shape index (κ3) is 2.10. The van der Waals surface area contributed by atoms with Crippen LogP contribution < -0.4 is 5.32 Å². The highest BCUT2D eigenvalue weighted by Crippen LogP contribution is 2.23. The molecule has 1 aromatic rings. The van der Waals surface area contributed by atoms with E-state index in [4.69, 9.17) is 0 Å². The average molecular weight is 244 g/mol. The van der Waals surface area contributed by atoms with E-state index in [1.807, 2.05) is 0 Å². The molecule has 0 bridgehead atoms. The molecule has 0 radical (unpaired) electrons. The van der Waals surface area contributed by atoms with Gasteiger partial charge in [0.2, 0.25) is 11.0 Å². The first-order valence-corrected chi connectivity index (χ1v) is 5.98. The molecule has 15 heavy (non-hydrogen) atoms. The third-order valence-corrected chi connectivity index (χ3v) is 3.60. The van der Waals surface area contributed by atoms with Crippen molar-refractivity contribution in [3.8, 4) is 0 Å². The minimum Gasteiger partial charge on any atom is -0.363 e. The Hall–Kier alpha value is -1.15. The zero-order valence-corrected chi connectivity index (χ0v) is 9.52. The lowest BCUT2D eigenvalue weighted by molar-refractivity contribution is -0.125. The Kier molecular flexibility index (Phi) is 2.87. The number of amides is 2. The van der Waals surface area contributed by atoms with Crippen LogP contribution in [0, 0.1) is 0 Å². The molecule has 1 aliphatic heterocycles. The summed E-state index contributed by atoms with van der Waals surface area (Å²) in [6.45, 7) is 0.226. The first-order valence-electron chi connectivity index (χ1n) is 4.18. The summed E-state index contributed by atoms with van der Waals surface area (Å²) in [6, 6.07) is 0. The highest BCUT2D eigenvalue weighted by atomic mass is 32.2. The Morgan fingerprint density at radius 1 is 1.47 bits per heavy atom. The SMILES string of the molecule is CNc1nnc(CN2C(=O)CSC2=O)s1. The molecule has 1 aliphatic rings. The molecule has 1 saturated heterocycles. The van der Waals surface area contributed by atoms with E-state index in [1.54, 1.807) is 7.05 Å². The molecule has 0 aromatic carbocycles. The Morgan fingerprint density at radius 3 is 2.80 bits per heavy atom. The van der Waals surface area contributed by atoms with Gasteiger partial charge < -0.3 is 5.32 Å². The fourth-order valence-electron chi connectivity index (χ4n) is 1.09. The summed E-state index contributed by atoms with van der Waals surface area (Å²) in [6.07, 6.45) is 0. The number of hydrogen-bond acceptors (Lipinski definition) is 7. The highest BCUT2D eigenvalue weighted by Gasteiger charge is 2.30. The van der Waals surface area contributed by atoms with Crippen LogP contribution in [0.5, 0.6) is 0 Å². The van der Waals surface area contributed by atoms with Gasteiger partial charge in [-0.1, -0.05) is 23.1 Å². The van der Waals surface area contributed by atoms with Gasteiger partial charge in [0.15, 0.2) is 0 Å². The van der Waals surface area contributed by atoms with Crippen molar-refractivity contribution in [1.82, 2.24) is 15.1 Å². The zero-order valence-electron chi connectivity index (χ0n) is 7.89. The lowest BCUT2D eigenvalue weighted by Crippen LogP contribution is -2.27. The predicted molar refractivity (Wildman–Crippen MR) is 57.9 cm³/mol. The summed E-state index contributed by atoms with van der Waals surface area (Å²) >= 11 is 2.36. The van der Waals surface area contributed by atoms with E-state index in [2.05, 4.69) is 15.5 Å². The monoisotopic (exact) mass is 244 g/mol. The van der Waals surface area contributed by atoms with Gasteiger partial charge in [-0.3, -0.25) is 14.5 Å². The summed E-state index contributed by atoms with van der Waals surface area (Å²) in [5.74, 6) is 0.0717. The Morgan fingerprint density at radius 2 is 2.27 bits per heavy atom. The molecular formula is C7H8N4O2S2. The fraction of sp³-hybridized carbons (Fsp3) is 0.429. The molecule has 2 amide bonds. The van der Waals surface area contributed by atoms with Gasteiger partial charge in [0.25, 0.3) is 5.24 Å². The number of nitrogens with zero attached hydrogens (tertiary/aromatic N) is 3. The minimum atomic E-state index is -0.207. The quantitative estimate of drug-likeness (QED) is 0.846. The van der Waals surface area contributed by atoms with Crippen molar-refractivity contribution in [3.63, 3.8) is 0 Å². The summed E-state index contributed by atoms with van der Waals surface area (Å²) < 4.78 is 0. The number of imide groups is 1. The molecule has 80 valence electrons. The molecule has 0 spiro atoms. The van der Waals surface area contributed by atoms with E-state index >= 15 is 0 Å². The topological polar surface area (TPSA) is 75.2 Å². The van der Waals surface area contributed by atoms with E-state index in [0.717, 1.165) is 11.8 Å².